The van der Waals surface area contributed by atoms with Crippen LogP contribution in [-0.2, 0) is 4.79 Å². The Morgan fingerprint density at radius 2 is 1.91 bits per heavy atom. The third-order valence-corrected chi connectivity index (χ3v) is 0.886. The van der Waals surface area contributed by atoms with Gasteiger partial charge in [0, 0.05) is 13.1 Å². The summed E-state index contributed by atoms with van der Waals surface area (Å²) in [5.74, 6) is -0.308. The van der Waals surface area contributed by atoms with Gasteiger partial charge in [-0.3, -0.25) is 4.79 Å². The van der Waals surface area contributed by atoms with Gasteiger partial charge in [0.2, 0.25) is 5.91 Å². The molecule has 0 saturated carbocycles. The summed E-state index contributed by atoms with van der Waals surface area (Å²) in [6.07, 6.45) is 0.0265. The Kier molecular flexibility index (Phi) is 4.55. The minimum atomic E-state index is -1.10. The molecule has 62 valence electrons. The van der Waals surface area contributed by atoms with Gasteiger partial charge in [-0.1, -0.05) is 6.58 Å². The summed E-state index contributed by atoms with van der Waals surface area (Å²) < 4.78 is 0. The molecule has 0 aliphatic carbocycles. The Hall–Kier alpha value is -1.52. The Morgan fingerprint density at radius 3 is 2.36 bits per heavy atom. The van der Waals surface area contributed by atoms with Crippen molar-refractivity contribution in [2.75, 3.05) is 13.1 Å². The van der Waals surface area contributed by atoms with Crippen LogP contribution in [0.3, 0.4) is 0 Å². The predicted molar refractivity (Wildman–Crippen MR) is 39.2 cm³/mol. The van der Waals surface area contributed by atoms with E-state index in [2.05, 4.69) is 17.2 Å². The molecule has 2 amide bonds. The lowest BCUT2D eigenvalue weighted by atomic mass is 10.5. The van der Waals surface area contributed by atoms with E-state index in [-0.39, 0.29) is 19.0 Å². The van der Waals surface area contributed by atoms with Gasteiger partial charge in [0.25, 0.3) is 0 Å². The van der Waals surface area contributed by atoms with Crippen molar-refractivity contribution >= 4 is 12.0 Å². The van der Waals surface area contributed by atoms with Crippen molar-refractivity contribution in [3.8, 4) is 0 Å². The van der Waals surface area contributed by atoms with E-state index in [4.69, 9.17) is 5.11 Å². The molecule has 3 N–H and O–H groups in total. The van der Waals surface area contributed by atoms with Crippen molar-refractivity contribution < 1.29 is 14.7 Å². The van der Waals surface area contributed by atoms with Crippen LogP contribution in [0.4, 0.5) is 4.79 Å². The molecule has 0 aliphatic heterocycles. The zero-order valence-electron chi connectivity index (χ0n) is 5.96. The number of carbonyl (C=O) groups excluding carboxylic acids is 1. The molecule has 11 heavy (non-hydrogen) atoms. The minimum Gasteiger partial charge on any atom is -0.465 e. The molecule has 5 nitrogen and oxygen atoms in total. The molecule has 5 heteroatoms. The largest absolute Gasteiger partial charge is 0.465 e. The number of carboxylic acid groups (broad SMARTS) is 1. The molecular weight excluding hydrogens is 148 g/mol. The van der Waals surface area contributed by atoms with Gasteiger partial charge in [-0.05, 0) is 6.08 Å². The van der Waals surface area contributed by atoms with E-state index in [0.717, 1.165) is 6.08 Å². The lowest BCUT2D eigenvalue weighted by molar-refractivity contribution is -0.116. The molecule has 0 spiro atoms. The molecule has 0 rings (SSSR count). The Bertz CT molecular complexity index is 167. The van der Waals surface area contributed by atoms with Crippen LogP contribution >= 0.6 is 0 Å². The first-order chi connectivity index (χ1) is 5.16. The summed E-state index contributed by atoms with van der Waals surface area (Å²) in [7, 11) is 0. The van der Waals surface area contributed by atoms with Crippen LogP contribution in [0, 0.1) is 0 Å². The van der Waals surface area contributed by atoms with Crippen molar-refractivity contribution in [3.05, 3.63) is 12.7 Å². The Labute approximate surface area is 64.1 Å². The van der Waals surface area contributed by atoms with Gasteiger partial charge < -0.3 is 15.7 Å². The normalized spacial score (nSPS) is 8.36. The van der Waals surface area contributed by atoms with Gasteiger partial charge in [0.1, 0.15) is 0 Å². The summed E-state index contributed by atoms with van der Waals surface area (Å²) in [6.45, 7) is 3.70. The number of hydrogen-bond donors (Lipinski definition) is 3. The third kappa shape index (κ3) is 6.36. The van der Waals surface area contributed by atoms with Gasteiger partial charge in [-0.15, -0.1) is 0 Å². The number of rotatable bonds is 4. The summed E-state index contributed by atoms with van der Waals surface area (Å²) in [5, 5.41) is 12.6. The molecular formula is C6H10N2O3. The number of amides is 2. The van der Waals surface area contributed by atoms with Crippen LogP contribution in [0.25, 0.3) is 0 Å². The van der Waals surface area contributed by atoms with Crippen LogP contribution in [-0.4, -0.2) is 30.2 Å². The smallest absolute Gasteiger partial charge is 0.404 e. The zero-order chi connectivity index (χ0) is 8.69. The second-order valence-electron chi connectivity index (χ2n) is 1.73. The zero-order valence-corrected chi connectivity index (χ0v) is 5.96. The van der Waals surface area contributed by atoms with E-state index < -0.39 is 6.09 Å². The van der Waals surface area contributed by atoms with Gasteiger partial charge in [0.05, 0.1) is 0 Å². The van der Waals surface area contributed by atoms with Gasteiger partial charge in [0.15, 0.2) is 0 Å². The van der Waals surface area contributed by atoms with Crippen molar-refractivity contribution in [3.63, 3.8) is 0 Å². The molecule has 0 aromatic rings. The Morgan fingerprint density at radius 1 is 1.36 bits per heavy atom. The van der Waals surface area contributed by atoms with Crippen LogP contribution in [0.2, 0.25) is 0 Å². The van der Waals surface area contributed by atoms with Crippen LogP contribution in [0.5, 0.6) is 0 Å². The van der Waals surface area contributed by atoms with Crippen LogP contribution < -0.4 is 10.6 Å². The molecule has 0 aromatic carbocycles. The van der Waals surface area contributed by atoms with Crippen LogP contribution in [0.15, 0.2) is 12.7 Å². The summed E-state index contributed by atoms with van der Waals surface area (Å²) in [4.78, 5) is 20.3. The van der Waals surface area contributed by atoms with Gasteiger partial charge >= 0.3 is 6.09 Å². The second kappa shape index (κ2) is 5.28. The van der Waals surface area contributed by atoms with E-state index in [1.165, 1.54) is 0 Å². The third-order valence-electron chi connectivity index (χ3n) is 0.886. The SMILES string of the molecule is C=CC(=O)NCCNC(=O)O. The molecule has 0 heterocycles. The number of carbonyl (C=O) groups is 2. The van der Waals surface area contributed by atoms with Crippen molar-refractivity contribution in [1.29, 1.82) is 0 Å². The van der Waals surface area contributed by atoms with E-state index in [0.29, 0.717) is 0 Å². The Balaban J connectivity index is 3.21. The van der Waals surface area contributed by atoms with Crippen molar-refractivity contribution in [1.82, 2.24) is 10.6 Å². The molecule has 0 unspecified atom stereocenters. The van der Waals surface area contributed by atoms with Crippen molar-refractivity contribution in [2.24, 2.45) is 0 Å². The second-order valence-corrected chi connectivity index (χ2v) is 1.73. The summed E-state index contributed by atoms with van der Waals surface area (Å²) >= 11 is 0. The number of nitrogens with one attached hydrogen (secondary N) is 2. The first kappa shape index (κ1) is 9.48. The quantitative estimate of drug-likeness (QED) is 0.383. The average molecular weight is 158 g/mol. The lowest BCUT2D eigenvalue weighted by Crippen LogP contribution is -2.32. The highest BCUT2D eigenvalue weighted by Crippen LogP contribution is 1.65. The molecule has 0 aromatic heterocycles. The molecule has 0 fully saturated rings. The van der Waals surface area contributed by atoms with Crippen molar-refractivity contribution in [2.45, 2.75) is 0 Å². The van der Waals surface area contributed by atoms with Gasteiger partial charge in [-0.2, -0.15) is 0 Å². The highest BCUT2D eigenvalue weighted by atomic mass is 16.4. The summed E-state index contributed by atoms with van der Waals surface area (Å²) in [5.41, 5.74) is 0. The maximum atomic E-state index is 10.5. The summed E-state index contributed by atoms with van der Waals surface area (Å²) in [6, 6.07) is 0. The minimum absolute atomic E-state index is 0.203. The van der Waals surface area contributed by atoms with E-state index in [1.54, 1.807) is 0 Å². The molecule has 0 radical (unpaired) electrons. The molecule has 0 saturated heterocycles. The first-order valence-electron chi connectivity index (χ1n) is 3.04. The predicted octanol–water partition coefficient (Wildman–Crippen LogP) is -0.444. The maximum Gasteiger partial charge on any atom is 0.404 e. The first-order valence-corrected chi connectivity index (χ1v) is 3.04. The van der Waals surface area contributed by atoms with E-state index in [9.17, 15) is 9.59 Å². The van der Waals surface area contributed by atoms with E-state index >= 15 is 0 Å². The van der Waals surface area contributed by atoms with E-state index in [1.807, 2.05) is 0 Å². The van der Waals surface area contributed by atoms with Gasteiger partial charge in [-0.25, -0.2) is 4.79 Å². The molecule has 0 aliphatic rings. The number of hydrogen-bond acceptors (Lipinski definition) is 2. The maximum absolute atomic E-state index is 10.5. The lowest BCUT2D eigenvalue weighted by Gasteiger charge is -2.00. The monoisotopic (exact) mass is 158 g/mol. The average Bonchev–Trinajstić information content (AvgIpc) is 1.97. The topological polar surface area (TPSA) is 78.4 Å². The standard InChI is InChI=1S/C6H10N2O3/c1-2-5(9)7-3-4-8-6(10)11/h2,8H,1,3-4H2,(H,7,9)(H,10,11). The highest BCUT2D eigenvalue weighted by Gasteiger charge is 1.94. The van der Waals surface area contributed by atoms with Crippen LogP contribution in [0.1, 0.15) is 0 Å². The molecule has 0 atom stereocenters. The fourth-order valence-corrected chi connectivity index (χ4v) is 0.427. The fourth-order valence-electron chi connectivity index (χ4n) is 0.427. The molecule has 0 bridgehead atoms. The fraction of sp³-hybridized carbons (Fsp3) is 0.333. The highest BCUT2D eigenvalue weighted by molar-refractivity contribution is 5.86.